The average Bonchev–Trinajstić information content (AvgIpc) is 2.40. The van der Waals surface area contributed by atoms with Gasteiger partial charge in [-0.25, -0.2) is 0 Å². The summed E-state index contributed by atoms with van der Waals surface area (Å²) in [5.41, 5.74) is 0. The van der Waals surface area contributed by atoms with Crippen molar-refractivity contribution in [2.24, 2.45) is 0 Å². The van der Waals surface area contributed by atoms with Crippen LogP contribution in [0.1, 0.15) is 19.8 Å². The molecule has 2 atom stereocenters. The van der Waals surface area contributed by atoms with Crippen LogP contribution in [0.15, 0.2) is 0 Å². The molecule has 2 rings (SSSR count). The highest BCUT2D eigenvalue weighted by Gasteiger charge is 2.25. The van der Waals surface area contributed by atoms with Gasteiger partial charge in [0, 0.05) is 37.2 Å². The van der Waals surface area contributed by atoms with E-state index in [1.165, 1.54) is 0 Å². The number of carbonyl (C=O) groups excluding carboxylic acids is 1. The molecule has 1 N–H and O–H groups in total. The van der Waals surface area contributed by atoms with Crippen molar-refractivity contribution in [3.63, 3.8) is 0 Å². The number of hydrogen-bond donors (Lipinski definition) is 1. The number of thioether (sulfide) groups is 1. The summed E-state index contributed by atoms with van der Waals surface area (Å²) < 4.78 is 5.58. The molecule has 0 aromatic rings. The van der Waals surface area contributed by atoms with Crippen molar-refractivity contribution in [1.82, 2.24) is 10.2 Å². The average molecular weight is 295 g/mol. The lowest BCUT2D eigenvalue weighted by Gasteiger charge is -2.33. The molecule has 106 valence electrons. The topological polar surface area (TPSA) is 41.6 Å². The van der Waals surface area contributed by atoms with E-state index in [0.717, 1.165) is 45.0 Å². The van der Waals surface area contributed by atoms with Crippen LogP contribution in [-0.2, 0) is 9.53 Å². The Morgan fingerprint density at radius 2 is 2.39 bits per heavy atom. The highest BCUT2D eigenvalue weighted by Crippen LogP contribution is 2.21. The number of carbonyl (C=O) groups is 1. The van der Waals surface area contributed by atoms with E-state index in [4.69, 9.17) is 4.74 Å². The molecule has 0 aliphatic carbocycles. The van der Waals surface area contributed by atoms with Gasteiger partial charge in [-0.05, 0) is 6.42 Å². The van der Waals surface area contributed by atoms with Crippen LogP contribution >= 0.6 is 24.2 Å². The highest BCUT2D eigenvalue weighted by molar-refractivity contribution is 8.00. The first kappa shape index (κ1) is 16.1. The van der Waals surface area contributed by atoms with Gasteiger partial charge in [0.05, 0.1) is 19.1 Å². The molecule has 0 saturated carbocycles. The quantitative estimate of drug-likeness (QED) is 0.848. The highest BCUT2D eigenvalue weighted by atomic mass is 35.5. The Kier molecular flexibility index (Phi) is 7.37. The maximum Gasteiger partial charge on any atom is 0.225 e. The number of ether oxygens (including phenoxy) is 1. The van der Waals surface area contributed by atoms with E-state index in [0.29, 0.717) is 11.7 Å². The molecule has 0 spiro atoms. The van der Waals surface area contributed by atoms with E-state index in [-0.39, 0.29) is 24.4 Å². The Balaban J connectivity index is 0.00000162. The first-order valence-corrected chi connectivity index (χ1v) is 7.56. The molecular weight excluding hydrogens is 272 g/mol. The van der Waals surface area contributed by atoms with Gasteiger partial charge < -0.3 is 15.0 Å². The zero-order valence-corrected chi connectivity index (χ0v) is 12.5. The van der Waals surface area contributed by atoms with Crippen LogP contribution in [0.2, 0.25) is 0 Å². The smallest absolute Gasteiger partial charge is 0.225 e. The van der Waals surface area contributed by atoms with Crippen molar-refractivity contribution in [2.75, 3.05) is 38.5 Å². The van der Waals surface area contributed by atoms with Crippen LogP contribution in [0, 0.1) is 0 Å². The minimum Gasteiger partial charge on any atom is -0.375 e. The third kappa shape index (κ3) is 4.61. The lowest BCUT2D eigenvalue weighted by Crippen LogP contribution is -2.46. The van der Waals surface area contributed by atoms with Gasteiger partial charge in [0.1, 0.15) is 0 Å². The molecule has 2 aliphatic rings. The van der Waals surface area contributed by atoms with Gasteiger partial charge >= 0.3 is 0 Å². The van der Waals surface area contributed by atoms with Gasteiger partial charge in [-0.1, -0.05) is 6.92 Å². The van der Waals surface area contributed by atoms with Gasteiger partial charge in [0.2, 0.25) is 5.91 Å². The van der Waals surface area contributed by atoms with Crippen LogP contribution in [0.4, 0.5) is 0 Å². The molecule has 2 aliphatic heterocycles. The van der Waals surface area contributed by atoms with Crippen molar-refractivity contribution in [2.45, 2.75) is 31.1 Å². The fourth-order valence-electron chi connectivity index (χ4n) is 2.27. The van der Waals surface area contributed by atoms with E-state index < -0.39 is 0 Å². The summed E-state index contributed by atoms with van der Waals surface area (Å²) >= 11 is 1.99. The normalized spacial score (nSPS) is 28.6. The van der Waals surface area contributed by atoms with E-state index in [9.17, 15) is 4.79 Å². The molecule has 2 unspecified atom stereocenters. The number of nitrogens with zero attached hydrogens (tertiary/aromatic N) is 1. The second kappa shape index (κ2) is 8.25. The third-order valence-electron chi connectivity index (χ3n) is 3.35. The minimum absolute atomic E-state index is 0. The molecule has 2 saturated heterocycles. The fraction of sp³-hybridized carbons (Fsp3) is 0.917. The Morgan fingerprint density at radius 1 is 1.56 bits per heavy atom. The molecule has 6 heteroatoms. The molecule has 4 nitrogen and oxygen atoms in total. The summed E-state index contributed by atoms with van der Waals surface area (Å²) in [6.07, 6.45) is 1.76. The SMILES string of the molecule is CCC1CN(C(=O)CC2CNCCO2)CCS1.Cl. The largest absolute Gasteiger partial charge is 0.375 e. The van der Waals surface area contributed by atoms with Crippen molar-refractivity contribution in [3.8, 4) is 0 Å². The second-order valence-corrected chi connectivity index (χ2v) is 6.05. The van der Waals surface area contributed by atoms with Gasteiger partial charge in [-0.15, -0.1) is 12.4 Å². The lowest BCUT2D eigenvalue weighted by molar-refractivity contribution is -0.134. The van der Waals surface area contributed by atoms with Gasteiger partial charge in [0.15, 0.2) is 0 Å². The van der Waals surface area contributed by atoms with Crippen LogP contribution < -0.4 is 5.32 Å². The Hall–Kier alpha value is 0.0300. The maximum absolute atomic E-state index is 12.1. The van der Waals surface area contributed by atoms with E-state index in [2.05, 4.69) is 12.2 Å². The van der Waals surface area contributed by atoms with Gasteiger partial charge in [-0.3, -0.25) is 4.79 Å². The van der Waals surface area contributed by atoms with E-state index in [1.807, 2.05) is 16.7 Å². The van der Waals surface area contributed by atoms with E-state index >= 15 is 0 Å². The molecule has 2 heterocycles. The zero-order chi connectivity index (χ0) is 12.1. The maximum atomic E-state index is 12.1. The first-order valence-electron chi connectivity index (χ1n) is 6.51. The first-order chi connectivity index (χ1) is 8.29. The number of amides is 1. The molecule has 0 aromatic carbocycles. The summed E-state index contributed by atoms with van der Waals surface area (Å²) in [4.78, 5) is 14.2. The van der Waals surface area contributed by atoms with Crippen molar-refractivity contribution < 1.29 is 9.53 Å². The summed E-state index contributed by atoms with van der Waals surface area (Å²) in [6.45, 7) is 6.46. The van der Waals surface area contributed by atoms with Crippen molar-refractivity contribution >= 4 is 30.1 Å². The fourth-order valence-corrected chi connectivity index (χ4v) is 3.45. The van der Waals surface area contributed by atoms with Crippen LogP contribution in [-0.4, -0.2) is 60.7 Å². The Labute approximate surface area is 120 Å². The molecular formula is C12H23ClN2O2S. The molecule has 0 bridgehead atoms. The third-order valence-corrected chi connectivity index (χ3v) is 4.73. The summed E-state index contributed by atoms with van der Waals surface area (Å²) in [7, 11) is 0. The summed E-state index contributed by atoms with van der Waals surface area (Å²) in [6, 6.07) is 0. The molecule has 18 heavy (non-hydrogen) atoms. The monoisotopic (exact) mass is 294 g/mol. The number of rotatable bonds is 3. The van der Waals surface area contributed by atoms with Crippen LogP contribution in [0.25, 0.3) is 0 Å². The standard InChI is InChI=1S/C12H22N2O2S.ClH/c1-2-11-9-14(4-6-17-11)12(15)7-10-8-13-3-5-16-10;/h10-11,13H,2-9H2,1H3;1H. The van der Waals surface area contributed by atoms with E-state index in [1.54, 1.807) is 0 Å². The number of nitrogens with one attached hydrogen (secondary N) is 1. The van der Waals surface area contributed by atoms with Crippen molar-refractivity contribution in [1.29, 1.82) is 0 Å². The number of halogens is 1. The lowest BCUT2D eigenvalue weighted by atomic mass is 10.2. The summed E-state index contributed by atoms with van der Waals surface area (Å²) in [5.74, 6) is 1.34. The predicted octanol–water partition coefficient (Wildman–Crippen LogP) is 1.14. The summed E-state index contributed by atoms with van der Waals surface area (Å²) in [5, 5.41) is 3.89. The van der Waals surface area contributed by atoms with Gasteiger partial charge in [-0.2, -0.15) is 11.8 Å². The minimum atomic E-state index is 0. The second-order valence-electron chi connectivity index (χ2n) is 4.64. The molecule has 1 amide bonds. The number of hydrogen-bond acceptors (Lipinski definition) is 4. The Morgan fingerprint density at radius 3 is 3.06 bits per heavy atom. The molecule has 0 aromatic heterocycles. The predicted molar refractivity (Wildman–Crippen MR) is 77.6 cm³/mol. The van der Waals surface area contributed by atoms with Gasteiger partial charge in [0.25, 0.3) is 0 Å². The number of morpholine rings is 1. The molecule has 2 fully saturated rings. The zero-order valence-electron chi connectivity index (χ0n) is 10.9. The van der Waals surface area contributed by atoms with Crippen molar-refractivity contribution in [3.05, 3.63) is 0 Å². The molecule has 0 radical (unpaired) electrons. The van der Waals surface area contributed by atoms with Crippen LogP contribution in [0.3, 0.4) is 0 Å². The Bertz CT molecular complexity index is 262. The van der Waals surface area contributed by atoms with Crippen LogP contribution in [0.5, 0.6) is 0 Å².